The van der Waals surface area contributed by atoms with Crippen molar-refractivity contribution in [3.63, 3.8) is 0 Å². The number of carbonyl (C=O) groups is 2. The molecular formula is C19H16ClNO4. The number of halogens is 1. The standard InChI is InChI=1S/C19H16ClNO4/c1-12-2-4-13(5-3-12)10-17-19(24)21(9-8-18(22)23)15-11-14(20)6-7-16(15)25-17/h2-7,10-11H,8-9H2,1H3,(H,22,23)/b17-10+. The molecule has 1 aliphatic rings. The molecule has 1 amide bonds. The number of carboxylic acid groups (broad SMARTS) is 1. The molecule has 5 nitrogen and oxygen atoms in total. The van der Waals surface area contributed by atoms with Crippen LogP contribution in [0.4, 0.5) is 5.69 Å². The summed E-state index contributed by atoms with van der Waals surface area (Å²) >= 11 is 6.01. The highest BCUT2D eigenvalue weighted by atomic mass is 35.5. The van der Waals surface area contributed by atoms with Crippen LogP contribution in [-0.2, 0) is 9.59 Å². The van der Waals surface area contributed by atoms with Gasteiger partial charge in [0.05, 0.1) is 12.1 Å². The van der Waals surface area contributed by atoms with Gasteiger partial charge in [-0.2, -0.15) is 0 Å². The number of ether oxygens (including phenoxy) is 1. The Balaban J connectivity index is 1.99. The Hall–Kier alpha value is -2.79. The predicted molar refractivity (Wildman–Crippen MR) is 95.8 cm³/mol. The Morgan fingerprint density at radius 1 is 1.24 bits per heavy atom. The molecule has 3 rings (SSSR count). The Morgan fingerprint density at radius 3 is 2.64 bits per heavy atom. The molecule has 0 fully saturated rings. The third kappa shape index (κ3) is 3.83. The molecule has 25 heavy (non-hydrogen) atoms. The summed E-state index contributed by atoms with van der Waals surface area (Å²) in [6.45, 7) is 2.02. The maximum atomic E-state index is 12.8. The summed E-state index contributed by atoms with van der Waals surface area (Å²) in [7, 11) is 0. The van der Waals surface area contributed by atoms with Crippen molar-refractivity contribution in [3.05, 3.63) is 64.4 Å². The minimum Gasteiger partial charge on any atom is -0.481 e. The topological polar surface area (TPSA) is 66.8 Å². The second kappa shape index (κ2) is 6.99. The fourth-order valence-corrected chi connectivity index (χ4v) is 2.69. The summed E-state index contributed by atoms with van der Waals surface area (Å²) in [5, 5.41) is 9.40. The zero-order chi connectivity index (χ0) is 18.0. The maximum absolute atomic E-state index is 12.8. The van der Waals surface area contributed by atoms with Crippen molar-refractivity contribution in [2.24, 2.45) is 0 Å². The summed E-state index contributed by atoms with van der Waals surface area (Å²) in [5.74, 6) is -0.764. The van der Waals surface area contributed by atoms with E-state index >= 15 is 0 Å². The Morgan fingerprint density at radius 2 is 1.96 bits per heavy atom. The number of aliphatic carboxylic acids is 1. The molecular weight excluding hydrogens is 342 g/mol. The van der Waals surface area contributed by atoms with Crippen molar-refractivity contribution < 1.29 is 19.4 Å². The third-order valence-corrected chi connectivity index (χ3v) is 4.05. The van der Waals surface area contributed by atoms with Gasteiger partial charge in [-0.1, -0.05) is 41.4 Å². The molecule has 0 aliphatic carbocycles. The molecule has 2 aromatic rings. The van der Waals surface area contributed by atoms with Crippen LogP contribution in [0.2, 0.25) is 5.02 Å². The van der Waals surface area contributed by atoms with Crippen LogP contribution in [0.15, 0.2) is 48.2 Å². The molecule has 128 valence electrons. The highest BCUT2D eigenvalue weighted by Crippen LogP contribution is 2.37. The minimum atomic E-state index is -0.980. The van der Waals surface area contributed by atoms with Crippen molar-refractivity contribution in [1.82, 2.24) is 0 Å². The Kier molecular flexibility index (Phi) is 4.76. The number of carbonyl (C=O) groups excluding carboxylic acids is 1. The number of fused-ring (bicyclic) bond motifs is 1. The van der Waals surface area contributed by atoms with Gasteiger partial charge in [-0.3, -0.25) is 9.59 Å². The first kappa shape index (κ1) is 17.0. The summed E-state index contributed by atoms with van der Waals surface area (Å²) in [5.41, 5.74) is 2.41. The van der Waals surface area contributed by atoms with Gasteiger partial charge in [0.25, 0.3) is 5.91 Å². The lowest BCUT2D eigenvalue weighted by atomic mass is 10.1. The van der Waals surface area contributed by atoms with Gasteiger partial charge >= 0.3 is 5.97 Å². The molecule has 1 aliphatic heterocycles. The fraction of sp³-hybridized carbons (Fsp3) is 0.158. The van der Waals surface area contributed by atoms with Crippen LogP contribution < -0.4 is 9.64 Å². The molecule has 1 N–H and O–H groups in total. The average molecular weight is 358 g/mol. The van der Waals surface area contributed by atoms with E-state index in [1.54, 1.807) is 24.3 Å². The number of carboxylic acids is 1. The van der Waals surface area contributed by atoms with Crippen molar-refractivity contribution >= 4 is 35.2 Å². The van der Waals surface area contributed by atoms with Gasteiger partial charge in [-0.15, -0.1) is 0 Å². The normalized spacial score (nSPS) is 15.0. The molecule has 0 atom stereocenters. The predicted octanol–water partition coefficient (Wildman–Crippen LogP) is 3.89. The zero-order valence-electron chi connectivity index (χ0n) is 13.5. The Bertz CT molecular complexity index is 858. The van der Waals surface area contributed by atoms with E-state index in [1.165, 1.54) is 4.90 Å². The first-order valence-corrected chi connectivity index (χ1v) is 8.11. The van der Waals surface area contributed by atoms with Crippen LogP contribution in [-0.4, -0.2) is 23.5 Å². The first-order valence-electron chi connectivity index (χ1n) is 7.73. The number of hydrogen-bond donors (Lipinski definition) is 1. The van der Waals surface area contributed by atoms with Crippen molar-refractivity contribution in [2.45, 2.75) is 13.3 Å². The van der Waals surface area contributed by atoms with E-state index in [-0.39, 0.29) is 18.7 Å². The average Bonchev–Trinajstić information content (AvgIpc) is 2.57. The number of nitrogens with zero attached hydrogens (tertiary/aromatic N) is 1. The van der Waals surface area contributed by atoms with Crippen molar-refractivity contribution in [1.29, 1.82) is 0 Å². The summed E-state index contributed by atoms with van der Waals surface area (Å²) in [6, 6.07) is 12.6. The van der Waals surface area contributed by atoms with Gasteiger partial charge in [0.15, 0.2) is 11.5 Å². The molecule has 0 radical (unpaired) electrons. The molecule has 2 aromatic carbocycles. The summed E-state index contributed by atoms with van der Waals surface area (Å²) < 4.78 is 5.73. The van der Waals surface area contributed by atoms with Crippen LogP contribution in [0.5, 0.6) is 5.75 Å². The molecule has 0 unspecified atom stereocenters. The largest absolute Gasteiger partial charge is 0.481 e. The number of benzene rings is 2. The molecule has 6 heteroatoms. The second-order valence-corrected chi connectivity index (χ2v) is 6.17. The number of amides is 1. The van der Waals surface area contributed by atoms with Gasteiger partial charge in [-0.05, 0) is 36.8 Å². The lowest BCUT2D eigenvalue weighted by molar-refractivity contribution is -0.136. The van der Waals surface area contributed by atoms with Gasteiger partial charge < -0.3 is 14.7 Å². The molecule has 0 spiro atoms. The summed E-state index contributed by atoms with van der Waals surface area (Å²) in [4.78, 5) is 25.1. The first-order chi connectivity index (χ1) is 11.9. The quantitative estimate of drug-likeness (QED) is 0.843. The van der Waals surface area contributed by atoms with E-state index in [0.717, 1.165) is 11.1 Å². The van der Waals surface area contributed by atoms with Crippen molar-refractivity contribution in [2.75, 3.05) is 11.4 Å². The van der Waals surface area contributed by atoms with E-state index in [4.69, 9.17) is 21.4 Å². The van der Waals surface area contributed by atoms with Crippen LogP contribution in [0.25, 0.3) is 6.08 Å². The highest BCUT2D eigenvalue weighted by molar-refractivity contribution is 6.31. The minimum absolute atomic E-state index is 0.0378. The lowest BCUT2D eigenvalue weighted by Crippen LogP contribution is -2.38. The third-order valence-electron chi connectivity index (χ3n) is 3.81. The smallest absolute Gasteiger partial charge is 0.305 e. The second-order valence-electron chi connectivity index (χ2n) is 5.73. The molecule has 0 aromatic heterocycles. The number of anilines is 1. The summed E-state index contributed by atoms with van der Waals surface area (Å²) in [6.07, 6.45) is 1.47. The Labute approximate surface area is 150 Å². The SMILES string of the molecule is Cc1ccc(/C=C2/Oc3ccc(Cl)cc3N(CCC(=O)O)C2=O)cc1. The number of aryl methyl sites for hydroxylation is 1. The van der Waals surface area contributed by atoms with Gasteiger partial charge in [0.1, 0.15) is 0 Å². The van der Waals surface area contributed by atoms with Crippen LogP contribution in [0, 0.1) is 6.92 Å². The molecule has 0 saturated heterocycles. The fourth-order valence-electron chi connectivity index (χ4n) is 2.53. The van der Waals surface area contributed by atoms with Gasteiger partial charge in [0.2, 0.25) is 0 Å². The van der Waals surface area contributed by atoms with Gasteiger partial charge in [0, 0.05) is 11.6 Å². The van der Waals surface area contributed by atoms with E-state index in [0.29, 0.717) is 16.5 Å². The van der Waals surface area contributed by atoms with Crippen molar-refractivity contribution in [3.8, 4) is 5.75 Å². The molecule has 0 saturated carbocycles. The van der Waals surface area contributed by atoms with Crippen LogP contribution >= 0.6 is 11.6 Å². The number of hydrogen-bond acceptors (Lipinski definition) is 3. The number of rotatable bonds is 4. The monoisotopic (exact) mass is 357 g/mol. The molecule has 0 bridgehead atoms. The lowest BCUT2D eigenvalue weighted by Gasteiger charge is -2.30. The molecule has 1 heterocycles. The van der Waals surface area contributed by atoms with E-state index in [9.17, 15) is 9.59 Å². The van der Waals surface area contributed by atoms with Crippen LogP contribution in [0.3, 0.4) is 0 Å². The van der Waals surface area contributed by atoms with E-state index in [1.807, 2.05) is 31.2 Å². The zero-order valence-corrected chi connectivity index (χ0v) is 14.3. The van der Waals surface area contributed by atoms with E-state index < -0.39 is 11.9 Å². The highest BCUT2D eigenvalue weighted by Gasteiger charge is 2.30. The van der Waals surface area contributed by atoms with Gasteiger partial charge in [-0.25, -0.2) is 0 Å². The van der Waals surface area contributed by atoms with Crippen LogP contribution in [0.1, 0.15) is 17.5 Å². The maximum Gasteiger partial charge on any atom is 0.305 e. The van der Waals surface area contributed by atoms with E-state index in [2.05, 4.69) is 0 Å².